The first-order valence-corrected chi connectivity index (χ1v) is 54.7. The van der Waals surface area contributed by atoms with Gasteiger partial charge >= 0.3 is 0 Å². The third-order valence-electron chi connectivity index (χ3n) is 24.5. The summed E-state index contributed by atoms with van der Waals surface area (Å²) >= 11 is 0. The topological polar surface area (TPSA) is 0 Å². The molecule has 6 unspecified atom stereocenters. The molecule has 0 aliphatic rings. The standard InChI is InChI=1S/3C18H36.3C18H34.C18H32/c7*1-15(2)9-7-10-17(5)11-8-12-18(6)14-13-16(3)4/h14-17H,7-13H2,1-6H3;11,15-16,18H,7-10,12-14H2,1-6H3;9,16-18H,7-8,10-14H2,1-6H3;11,14-16H,7-10,12-13H2,1-6H3;9,14,16-17H,7-8,10-13H2,1-6H3;9,11,16,18H,7-8,10,12-14H2,1-6H3;9,11,14,16H,7-8,10,12-13H2,1-6H3. The molecule has 0 aromatic rings. The fourth-order valence-electron chi connectivity index (χ4n) is 14.8. The Morgan fingerprint density at radius 2 is 0.294 bits per heavy atom. The smallest absolute Gasteiger partial charge is 0.0288 e. The van der Waals surface area contributed by atoms with Crippen molar-refractivity contribution in [2.75, 3.05) is 0 Å². The zero-order valence-electron chi connectivity index (χ0n) is 95.3. The molecule has 0 radical (unpaired) electrons. The minimum atomic E-state index is 0.779. The van der Waals surface area contributed by atoms with E-state index in [1.165, 1.54) is 316 Å². The van der Waals surface area contributed by atoms with Gasteiger partial charge in [-0.15, -0.1) is 0 Å². The van der Waals surface area contributed by atoms with Crippen molar-refractivity contribution in [3.8, 4) is 0 Å². The Labute approximate surface area is 802 Å². The lowest BCUT2D eigenvalue weighted by molar-refractivity contribution is 0.387. The predicted molar refractivity (Wildman–Crippen MR) is 594 cm³/mol. The molecule has 6 atom stereocenters. The summed E-state index contributed by atoms with van der Waals surface area (Å²) in [5.41, 5.74) is 18.3. The average molecular weight is 1760 g/mol. The van der Waals surface area contributed by atoms with Gasteiger partial charge in [-0.2, -0.15) is 0 Å². The Bertz CT molecular complexity index is 2730. The van der Waals surface area contributed by atoms with Gasteiger partial charge in [-0.1, -0.05) is 423 Å². The summed E-state index contributed by atoms with van der Waals surface area (Å²) in [7, 11) is 0. The van der Waals surface area contributed by atoms with Crippen LogP contribution in [0.5, 0.6) is 0 Å². The quantitative estimate of drug-likeness (QED) is 0.0533. The third-order valence-corrected chi connectivity index (χ3v) is 24.5. The van der Waals surface area contributed by atoms with Crippen molar-refractivity contribution in [3.05, 3.63) is 140 Å². The molecule has 0 N–H and O–H groups in total. The van der Waals surface area contributed by atoms with Crippen LogP contribution in [0, 0.1) is 94.7 Å². The molecule has 0 rings (SSSR count). The van der Waals surface area contributed by atoms with E-state index in [1.807, 2.05) is 0 Å². The normalized spacial score (nSPS) is 14.0. The zero-order chi connectivity index (χ0) is 97.8. The van der Waals surface area contributed by atoms with Crippen LogP contribution in [-0.4, -0.2) is 0 Å². The summed E-state index contributed by atoms with van der Waals surface area (Å²) in [4.78, 5) is 0. The fourth-order valence-corrected chi connectivity index (χ4v) is 14.8. The molecule has 0 fully saturated rings. The highest BCUT2D eigenvalue weighted by Crippen LogP contribution is 2.27. The Balaban J connectivity index is -0.000000262. The van der Waals surface area contributed by atoms with Crippen LogP contribution in [-0.2, 0) is 0 Å². The van der Waals surface area contributed by atoms with E-state index in [9.17, 15) is 0 Å². The van der Waals surface area contributed by atoms with Gasteiger partial charge in [0.15, 0.2) is 0 Å². The van der Waals surface area contributed by atoms with E-state index in [0.29, 0.717) is 0 Å². The van der Waals surface area contributed by atoms with Gasteiger partial charge in [-0.3, -0.25) is 0 Å². The average Bonchev–Trinajstić information content (AvgIpc) is 1.03. The van der Waals surface area contributed by atoms with E-state index in [-0.39, 0.29) is 0 Å². The summed E-state index contributed by atoms with van der Waals surface area (Å²) in [5, 5.41) is 0. The van der Waals surface area contributed by atoms with Gasteiger partial charge in [0.05, 0.1) is 0 Å². The van der Waals surface area contributed by atoms with Crippen LogP contribution in [0.1, 0.15) is 573 Å². The monoisotopic (exact) mass is 1760 g/mol. The van der Waals surface area contributed by atoms with Crippen LogP contribution in [0.4, 0.5) is 0 Å². The maximum absolute atomic E-state index is 2.48. The fraction of sp³-hybridized carbons (Fsp3) is 0.810. The molecule has 0 nitrogen and oxygen atoms in total. The maximum atomic E-state index is 2.48. The minimum Gasteiger partial charge on any atom is -0.0859 e. The van der Waals surface area contributed by atoms with E-state index in [4.69, 9.17) is 0 Å². The second kappa shape index (κ2) is 95.1. The van der Waals surface area contributed by atoms with E-state index in [0.717, 1.165) is 94.7 Å². The van der Waals surface area contributed by atoms with Crippen LogP contribution in [0.3, 0.4) is 0 Å². The van der Waals surface area contributed by atoms with Gasteiger partial charge in [-0.05, 0) is 385 Å². The van der Waals surface area contributed by atoms with E-state index in [1.54, 1.807) is 33.4 Å². The molecule has 0 aromatic heterocycles. The van der Waals surface area contributed by atoms with Gasteiger partial charge in [0, 0.05) is 0 Å². The van der Waals surface area contributed by atoms with Crippen molar-refractivity contribution in [3.63, 3.8) is 0 Å². The van der Waals surface area contributed by atoms with E-state index >= 15 is 0 Å². The summed E-state index contributed by atoms with van der Waals surface area (Å²) in [5.74, 6) is 13.7. The highest BCUT2D eigenvalue weighted by molar-refractivity contribution is 5.08. The highest BCUT2D eigenvalue weighted by atomic mass is 14.2. The second-order valence-electron chi connectivity index (χ2n) is 46.7. The number of allylic oxidation sites excluding steroid dienone is 24. The van der Waals surface area contributed by atoms with Crippen LogP contribution >= 0.6 is 0 Å². The molecule has 0 amide bonds. The van der Waals surface area contributed by atoms with Gasteiger partial charge in [0.1, 0.15) is 0 Å². The molecule has 0 saturated heterocycles. The first-order valence-electron chi connectivity index (χ1n) is 54.7. The Hall–Kier alpha value is -3.12. The lowest BCUT2D eigenvalue weighted by Crippen LogP contribution is -2.00. The van der Waals surface area contributed by atoms with Crippen molar-refractivity contribution in [1.82, 2.24) is 0 Å². The summed E-state index contributed by atoms with van der Waals surface area (Å²) in [6, 6.07) is 0. The molecule has 126 heavy (non-hydrogen) atoms. The Morgan fingerprint density at radius 3 is 0.540 bits per heavy atom. The molecule has 0 aliphatic carbocycles. The first kappa shape index (κ1) is 136. The summed E-state index contributed by atoms with van der Waals surface area (Å²) in [6.45, 7) is 96.3. The Kier molecular flexibility index (Phi) is 103. The molecule has 0 heteroatoms. The number of hydrogen-bond donors (Lipinski definition) is 0. The molecule has 0 spiro atoms. The lowest BCUT2D eigenvalue weighted by atomic mass is 9.92. The number of rotatable bonds is 65. The second-order valence-corrected chi connectivity index (χ2v) is 46.7. The molecular formula is C126H242. The van der Waals surface area contributed by atoms with Crippen LogP contribution in [0.15, 0.2) is 140 Å². The van der Waals surface area contributed by atoms with Crippen LogP contribution in [0.25, 0.3) is 0 Å². The van der Waals surface area contributed by atoms with Gasteiger partial charge < -0.3 is 0 Å². The summed E-state index contributed by atoms with van der Waals surface area (Å²) in [6.07, 6.45) is 87.0. The molecule has 0 heterocycles. The highest BCUT2D eigenvalue weighted by Gasteiger charge is 2.11. The first-order chi connectivity index (χ1) is 58.9. The van der Waals surface area contributed by atoms with Crippen LogP contribution < -0.4 is 0 Å². The van der Waals surface area contributed by atoms with Crippen molar-refractivity contribution < 1.29 is 0 Å². The maximum Gasteiger partial charge on any atom is -0.0288 e. The summed E-state index contributed by atoms with van der Waals surface area (Å²) < 4.78 is 0. The largest absolute Gasteiger partial charge is 0.0859 e. The van der Waals surface area contributed by atoms with Gasteiger partial charge in [0.25, 0.3) is 0 Å². The van der Waals surface area contributed by atoms with Gasteiger partial charge in [-0.25, -0.2) is 0 Å². The van der Waals surface area contributed by atoms with E-state index in [2.05, 4.69) is 364 Å². The van der Waals surface area contributed by atoms with E-state index < -0.39 is 0 Å². The van der Waals surface area contributed by atoms with Crippen LogP contribution in [0.2, 0.25) is 0 Å². The van der Waals surface area contributed by atoms with Crippen molar-refractivity contribution in [1.29, 1.82) is 0 Å². The molecule has 0 bridgehead atoms. The third kappa shape index (κ3) is 129. The molecule has 746 valence electrons. The van der Waals surface area contributed by atoms with Gasteiger partial charge in [0.2, 0.25) is 0 Å². The van der Waals surface area contributed by atoms with Crippen molar-refractivity contribution in [2.24, 2.45) is 94.7 Å². The number of hydrogen-bond acceptors (Lipinski definition) is 0. The zero-order valence-corrected chi connectivity index (χ0v) is 95.3. The minimum absolute atomic E-state index is 0.779. The SMILES string of the molecule is CC(=CCC(C)C)CCC=C(C)CCCC(C)C.CC(=CCC(C)C)CCCC(C)CCCC(C)C.CC(=CCCC(C)CCC(C)C)CCCC(C)C.CC(C)=CCCC(C)=CCCC(C)=CCC(C)C.CC(C)=CCCC(C)=CCCC(C)CCC(C)C.CC(C)=CCCC(C)CCCC(C)=CCC(C)C.CC(C)=CCCC(C)CCCC(C)CCC(C)C. The predicted octanol–water partition coefficient (Wildman–Crippen LogP) is 45.9. The molecule has 0 aliphatic heterocycles. The van der Waals surface area contributed by atoms with Crippen molar-refractivity contribution >= 4 is 0 Å². The molecule has 0 saturated carbocycles. The lowest BCUT2D eigenvalue weighted by Gasteiger charge is -2.15. The molecular weight excluding hydrogens is 1510 g/mol. The van der Waals surface area contributed by atoms with Crippen molar-refractivity contribution in [2.45, 2.75) is 573 Å². The Morgan fingerprint density at radius 1 is 0.135 bits per heavy atom. The molecule has 0 aromatic carbocycles.